The largest absolute Gasteiger partial charge is 0.416 e. The van der Waals surface area contributed by atoms with Crippen LogP contribution in [-0.2, 0) is 12.7 Å². The van der Waals surface area contributed by atoms with E-state index in [0.29, 0.717) is 17.4 Å². The molecule has 1 N–H and O–H groups in total. The first-order valence-electron chi connectivity index (χ1n) is 6.30. The van der Waals surface area contributed by atoms with Crippen LogP contribution < -0.4 is 5.32 Å². The van der Waals surface area contributed by atoms with Gasteiger partial charge in [-0.1, -0.05) is 17.3 Å². The van der Waals surface area contributed by atoms with Gasteiger partial charge in [0.1, 0.15) is 0 Å². The lowest BCUT2D eigenvalue weighted by Gasteiger charge is -2.09. The fourth-order valence-corrected chi connectivity index (χ4v) is 2.46. The van der Waals surface area contributed by atoms with Gasteiger partial charge in [-0.3, -0.25) is 0 Å². The summed E-state index contributed by atoms with van der Waals surface area (Å²) in [6, 6.07) is 8.68. The Morgan fingerprint density at radius 1 is 1.18 bits per heavy atom. The molecule has 0 unspecified atom stereocenters. The summed E-state index contributed by atoms with van der Waals surface area (Å²) in [4.78, 5) is 5.06. The molecule has 0 saturated carbocycles. The molecule has 0 saturated heterocycles. The molecule has 3 rings (SSSR count). The van der Waals surface area contributed by atoms with Crippen molar-refractivity contribution in [2.24, 2.45) is 0 Å². The van der Waals surface area contributed by atoms with Crippen molar-refractivity contribution in [3.8, 4) is 10.7 Å². The molecule has 0 atom stereocenters. The van der Waals surface area contributed by atoms with Crippen molar-refractivity contribution in [3.63, 3.8) is 0 Å². The van der Waals surface area contributed by atoms with E-state index in [-0.39, 0.29) is 6.54 Å². The number of aromatic nitrogens is 2. The third kappa shape index (κ3) is 3.28. The number of hydrogen-bond acceptors (Lipinski definition) is 5. The highest BCUT2D eigenvalue weighted by atomic mass is 32.1. The molecule has 0 spiro atoms. The molecule has 2 heterocycles. The molecule has 8 heteroatoms. The highest BCUT2D eigenvalue weighted by molar-refractivity contribution is 7.13. The van der Waals surface area contributed by atoms with Gasteiger partial charge in [-0.2, -0.15) is 18.2 Å². The fourth-order valence-electron chi connectivity index (χ4n) is 1.82. The highest BCUT2D eigenvalue weighted by Crippen LogP contribution is 2.30. The van der Waals surface area contributed by atoms with E-state index < -0.39 is 11.7 Å². The second-order valence-corrected chi connectivity index (χ2v) is 5.37. The van der Waals surface area contributed by atoms with Crippen molar-refractivity contribution >= 4 is 17.0 Å². The Labute approximate surface area is 127 Å². The lowest BCUT2D eigenvalue weighted by Crippen LogP contribution is -2.06. The Morgan fingerprint density at radius 3 is 2.77 bits per heavy atom. The summed E-state index contributed by atoms with van der Waals surface area (Å²) < 4.78 is 42.9. The van der Waals surface area contributed by atoms with Crippen LogP contribution in [0.5, 0.6) is 0 Å². The molecule has 0 radical (unpaired) electrons. The lowest BCUT2D eigenvalue weighted by molar-refractivity contribution is -0.137. The standard InChI is InChI=1S/C14H10F3N3OS/c15-14(16,17)9-3-1-4-10(7-9)18-8-12-19-13(20-21-12)11-5-2-6-22-11/h1-7,18H,8H2. The maximum atomic E-state index is 12.6. The molecule has 114 valence electrons. The van der Waals surface area contributed by atoms with Gasteiger partial charge in [0.15, 0.2) is 0 Å². The van der Waals surface area contributed by atoms with Crippen molar-refractivity contribution in [1.82, 2.24) is 10.1 Å². The number of hydrogen-bond donors (Lipinski definition) is 1. The van der Waals surface area contributed by atoms with Gasteiger partial charge in [0.05, 0.1) is 17.0 Å². The van der Waals surface area contributed by atoms with Gasteiger partial charge in [0.2, 0.25) is 11.7 Å². The molecule has 0 fully saturated rings. The minimum absolute atomic E-state index is 0.152. The Balaban J connectivity index is 1.68. The SMILES string of the molecule is FC(F)(F)c1cccc(NCc2nc(-c3cccs3)no2)c1. The molecule has 0 aliphatic heterocycles. The number of halogens is 3. The summed E-state index contributed by atoms with van der Waals surface area (Å²) in [7, 11) is 0. The quantitative estimate of drug-likeness (QED) is 0.771. The number of anilines is 1. The minimum Gasteiger partial charge on any atom is -0.376 e. The Bertz CT molecular complexity index is 753. The summed E-state index contributed by atoms with van der Waals surface area (Å²) in [5.74, 6) is 0.775. The van der Waals surface area contributed by atoms with E-state index in [1.165, 1.54) is 17.4 Å². The third-order valence-corrected chi connectivity index (χ3v) is 3.71. The third-order valence-electron chi connectivity index (χ3n) is 2.84. The van der Waals surface area contributed by atoms with Crippen LogP contribution >= 0.6 is 11.3 Å². The lowest BCUT2D eigenvalue weighted by atomic mass is 10.2. The molecule has 0 aliphatic rings. The molecule has 1 aromatic carbocycles. The average Bonchev–Trinajstić information content (AvgIpc) is 3.15. The Hall–Kier alpha value is -2.35. The first-order valence-corrected chi connectivity index (χ1v) is 7.18. The van der Waals surface area contributed by atoms with Gasteiger partial charge < -0.3 is 9.84 Å². The van der Waals surface area contributed by atoms with E-state index in [1.807, 2.05) is 17.5 Å². The van der Waals surface area contributed by atoms with E-state index in [0.717, 1.165) is 17.0 Å². The number of rotatable bonds is 4. The van der Waals surface area contributed by atoms with Crippen LogP contribution in [0, 0.1) is 0 Å². The Kier molecular flexibility index (Phi) is 3.84. The van der Waals surface area contributed by atoms with Crippen LogP contribution in [0.1, 0.15) is 11.5 Å². The number of nitrogens with one attached hydrogen (secondary N) is 1. The van der Waals surface area contributed by atoms with Crippen LogP contribution in [0.25, 0.3) is 10.7 Å². The van der Waals surface area contributed by atoms with E-state index in [9.17, 15) is 13.2 Å². The number of thiophene rings is 1. The monoisotopic (exact) mass is 325 g/mol. The molecule has 4 nitrogen and oxygen atoms in total. The second kappa shape index (κ2) is 5.80. The molecular formula is C14H10F3N3OS. The normalized spacial score (nSPS) is 11.6. The van der Waals surface area contributed by atoms with E-state index >= 15 is 0 Å². The van der Waals surface area contributed by atoms with Crippen LogP contribution in [0.2, 0.25) is 0 Å². The number of alkyl halides is 3. The summed E-state index contributed by atoms with van der Waals surface area (Å²) in [6.45, 7) is 0.152. The summed E-state index contributed by atoms with van der Waals surface area (Å²) >= 11 is 1.48. The van der Waals surface area contributed by atoms with Gasteiger partial charge in [-0.05, 0) is 29.6 Å². The zero-order chi connectivity index (χ0) is 15.6. The van der Waals surface area contributed by atoms with Gasteiger partial charge in [0.25, 0.3) is 0 Å². The van der Waals surface area contributed by atoms with Gasteiger partial charge in [-0.25, -0.2) is 0 Å². The number of benzene rings is 1. The summed E-state index contributed by atoms with van der Waals surface area (Å²) in [5, 5.41) is 8.57. The topological polar surface area (TPSA) is 51.0 Å². The molecule has 0 aliphatic carbocycles. The van der Waals surface area contributed by atoms with Crippen molar-refractivity contribution in [2.75, 3.05) is 5.32 Å². The van der Waals surface area contributed by atoms with Gasteiger partial charge in [0, 0.05) is 5.69 Å². The predicted octanol–water partition coefficient (Wildman–Crippen LogP) is 4.43. The zero-order valence-corrected chi connectivity index (χ0v) is 11.9. The van der Waals surface area contributed by atoms with Crippen LogP contribution in [0.3, 0.4) is 0 Å². The molecular weight excluding hydrogens is 315 g/mol. The van der Waals surface area contributed by atoms with E-state index in [4.69, 9.17) is 4.52 Å². The van der Waals surface area contributed by atoms with Crippen LogP contribution in [-0.4, -0.2) is 10.1 Å². The molecule has 22 heavy (non-hydrogen) atoms. The van der Waals surface area contributed by atoms with E-state index in [2.05, 4.69) is 15.5 Å². The number of nitrogens with zero attached hydrogens (tertiary/aromatic N) is 2. The summed E-state index contributed by atoms with van der Waals surface area (Å²) in [6.07, 6.45) is -4.37. The summed E-state index contributed by atoms with van der Waals surface area (Å²) in [5.41, 5.74) is -0.368. The van der Waals surface area contributed by atoms with Gasteiger partial charge in [-0.15, -0.1) is 11.3 Å². The molecule has 3 aromatic rings. The highest BCUT2D eigenvalue weighted by Gasteiger charge is 2.30. The van der Waals surface area contributed by atoms with Crippen LogP contribution in [0.4, 0.5) is 18.9 Å². The van der Waals surface area contributed by atoms with E-state index in [1.54, 1.807) is 6.07 Å². The zero-order valence-electron chi connectivity index (χ0n) is 11.1. The fraction of sp³-hybridized carbons (Fsp3) is 0.143. The molecule has 0 bridgehead atoms. The van der Waals surface area contributed by atoms with Gasteiger partial charge >= 0.3 is 6.18 Å². The first-order chi connectivity index (χ1) is 10.5. The second-order valence-electron chi connectivity index (χ2n) is 4.42. The minimum atomic E-state index is -4.37. The van der Waals surface area contributed by atoms with Crippen LogP contribution in [0.15, 0.2) is 46.3 Å². The predicted molar refractivity (Wildman–Crippen MR) is 76.4 cm³/mol. The average molecular weight is 325 g/mol. The van der Waals surface area contributed by atoms with Crippen molar-refractivity contribution < 1.29 is 17.7 Å². The molecule has 0 amide bonds. The smallest absolute Gasteiger partial charge is 0.376 e. The first kappa shape index (κ1) is 14.6. The van der Waals surface area contributed by atoms with Crippen molar-refractivity contribution in [3.05, 3.63) is 53.2 Å². The Morgan fingerprint density at radius 2 is 2.05 bits per heavy atom. The molecule has 2 aromatic heterocycles. The van der Waals surface area contributed by atoms with Crippen molar-refractivity contribution in [1.29, 1.82) is 0 Å². The van der Waals surface area contributed by atoms with Crippen molar-refractivity contribution in [2.45, 2.75) is 12.7 Å². The maximum absolute atomic E-state index is 12.6. The maximum Gasteiger partial charge on any atom is 0.416 e.